The Hall–Kier alpha value is -11.8. The lowest BCUT2D eigenvalue weighted by Crippen LogP contribution is -2.28. The number of hydrogen-bond acceptors (Lipinski definition) is 15. The second-order valence-electron chi connectivity index (χ2n) is 22.9. The number of benzene rings is 6. The fourth-order valence-electron chi connectivity index (χ4n) is 12.0. The summed E-state index contributed by atoms with van der Waals surface area (Å²) in [7, 11) is 0. The van der Waals surface area contributed by atoms with Gasteiger partial charge in [0.15, 0.2) is 34.4 Å². The number of nitrogens with zero attached hydrogens (tertiary/aromatic N) is 8. The number of nitrogens with one attached hydrogen (secondary N) is 4. The molecular formula is C74H55Cl3F3N13O7. The van der Waals surface area contributed by atoms with E-state index in [0.29, 0.717) is 58.3 Å². The van der Waals surface area contributed by atoms with E-state index in [4.69, 9.17) is 40.5 Å². The first-order chi connectivity index (χ1) is 48.2. The molecule has 0 fully saturated rings. The van der Waals surface area contributed by atoms with Gasteiger partial charge in [-0.3, -0.25) is 47.3 Å². The quantitative estimate of drug-likeness (QED) is 0.0851. The van der Waals surface area contributed by atoms with Crippen molar-refractivity contribution in [2.45, 2.75) is 51.7 Å². The summed E-state index contributed by atoms with van der Waals surface area (Å²) < 4.78 is 50.8. The maximum absolute atomic E-state index is 16.0. The van der Waals surface area contributed by atoms with E-state index in [0.717, 1.165) is 0 Å². The van der Waals surface area contributed by atoms with Gasteiger partial charge >= 0.3 is 0 Å². The van der Waals surface area contributed by atoms with Gasteiger partial charge in [0.05, 0.1) is 83.7 Å². The lowest BCUT2D eigenvalue weighted by atomic mass is 10.0. The van der Waals surface area contributed by atoms with Gasteiger partial charge in [-0.05, 0) is 87.5 Å². The van der Waals surface area contributed by atoms with E-state index in [2.05, 4.69) is 45.5 Å². The highest BCUT2D eigenvalue weighted by molar-refractivity contribution is 6.36. The molecule has 500 valence electrons. The normalized spacial score (nSPS) is 13.1. The Bertz CT molecular complexity index is 5790. The number of rotatable bonds is 10. The zero-order chi connectivity index (χ0) is 70.6. The first-order valence-corrected chi connectivity index (χ1v) is 32.1. The number of fused-ring (bicyclic) bond motifs is 6. The molecule has 0 spiro atoms. The third-order valence-electron chi connectivity index (χ3n) is 16.5. The molecule has 7 aromatic heterocycles. The minimum Gasteiger partial charge on any atom is -0.361 e. The molecule has 20 nitrogen and oxygen atoms in total. The topological polar surface area (TPSA) is 280 Å². The van der Waals surface area contributed by atoms with Crippen LogP contribution in [0.1, 0.15) is 88.1 Å². The molecule has 0 aliphatic heterocycles. The number of carbonyl (C=O) groups is 2. The predicted molar refractivity (Wildman–Crippen MR) is 382 cm³/mol. The van der Waals surface area contributed by atoms with Crippen LogP contribution in [0.3, 0.4) is 0 Å². The second-order valence-corrected chi connectivity index (χ2v) is 24.1. The number of nitrogens with two attached hydrogens (primary N) is 1. The summed E-state index contributed by atoms with van der Waals surface area (Å²) in [5, 5.41) is 7.85. The highest BCUT2D eigenvalue weighted by Crippen LogP contribution is 2.35. The van der Waals surface area contributed by atoms with Gasteiger partial charge in [-0.25, -0.2) is 38.1 Å². The number of para-hydroxylation sites is 3. The Morgan fingerprint density at radius 1 is 0.460 bits per heavy atom. The van der Waals surface area contributed by atoms with Crippen molar-refractivity contribution >= 4 is 101 Å². The first kappa shape index (κ1) is 68.2. The SMILES string of the molecule is C[C@H](N)c1c(F)c2cccc(Cl)c2c(=O)n1-c1ccccc1.C[C@H](Nc1ncnc2[nH]ccc(=O)c12)c1c(F)c2cccc(Cl)c2c(=O)n1-c1ccccc1.C[C@H](Nc1ncnc2c1C(=O)C=CC2)c1c(F)c2cccc(Cl)c2c(=O)n1-c1ccccc1.O=C1C=CCc2nc[nH]c(=O)c21. The van der Waals surface area contributed by atoms with Crippen molar-refractivity contribution in [3.05, 3.63) is 325 Å². The van der Waals surface area contributed by atoms with Crippen LogP contribution < -0.4 is 44.0 Å². The fourth-order valence-corrected chi connectivity index (χ4v) is 12.8. The molecule has 2 aliphatic rings. The molecule has 0 saturated carbocycles. The van der Waals surface area contributed by atoms with Gasteiger partial charge in [-0.1, -0.05) is 138 Å². The number of allylic oxidation sites excluding steroid dienone is 4. The molecule has 2 aliphatic carbocycles. The average Bonchev–Trinajstić information content (AvgIpc) is 0.758. The Kier molecular flexibility index (Phi) is 19.9. The van der Waals surface area contributed by atoms with Crippen molar-refractivity contribution in [3.63, 3.8) is 0 Å². The Morgan fingerprint density at radius 2 is 0.870 bits per heavy atom. The standard InChI is InChI=1S/C25H18ClFN4O2.C24H17ClFN5O2.C17H14ClFN2O.C8H6N2O2/c1-14(30-24-21-18(28-13-29-24)11-6-12-19(21)32)23-22(27)16-9-5-10-17(26)20(16)25(33)31(23)15-7-3-2-4-8-15;1-13(30-23-19-17(32)10-11-27-22(19)28-12-29-23)21-20(26)15-8-5-9-16(25)18(15)24(33)31(21)14-6-3-2-4-7-14;1-10(20)16-15(19)12-8-5-9-13(18)14(12)17(22)21(16)11-6-3-2-4-7-11;11-6-3-1-2-5-7(6)8(12)10-4-9-5/h2-10,12-14H,11H2,1H3,(H,28,29,30);2-13H,1H3,(H2,27,28,29,30,32);2-10H,20H2,1H3;1,3-4H,2H2,(H,9,10,12)/t14-;13-;10-;/m000./s1. The maximum Gasteiger partial charge on any atom is 0.264 e. The van der Waals surface area contributed by atoms with Crippen LogP contribution in [0.5, 0.6) is 0 Å². The van der Waals surface area contributed by atoms with E-state index >= 15 is 8.78 Å². The van der Waals surface area contributed by atoms with Crippen LogP contribution in [0.25, 0.3) is 60.4 Å². The number of aromatic amines is 2. The molecule has 15 rings (SSSR count). The maximum atomic E-state index is 16.0. The van der Waals surface area contributed by atoms with Gasteiger partial charge in [-0.2, -0.15) is 0 Å². The molecular weight excluding hydrogens is 1350 g/mol. The zero-order valence-corrected chi connectivity index (χ0v) is 55.2. The molecule has 6 aromatic carbocycles. The molecule has 26 heteroatoms. The smallest absolute Gasteiger partial charge is 0.264 e. The highest BCUT2D eigenvalue weighted by atomic mass is 35.5. The highest BCUT2D eigenvalue weighted by Gasteiger charge is 2.29. The number of halogens is 6. The van der Waals surface area contributed by atoms with E-state index in [1.54, 1.807) is 154 Å². The average molecular weight is 1400 g/mol. The summed E-state index contributed by atoms with van der Waals surface area (Å²) >= 11 is 18.7. The summed E-state index contributed by atoms with van der Waals surface area (Å²) in [6.07, 6.45) is 12.9. The monoisotopic (exact) mass is 1400 g/mol. The van der Waals surface area contributed by atoms with Crippen LogP contribution in [0.4, 0.5) is 24.8 Å². The Labute approximate surface area is 579 Å². The van der Waals surface area contributed by atoms with Gasteiger partial charge < -0.3 is 26.3 Å². The molecule has 0 saturated heterocycles. The van der Waals surface area contributed by atoms with Crippen molar-refractivity contribution in [2.24, 2.45) is 5.73 Å². The van der Waals surface area contributed by atoms with Gasteiger partial charge in [-0.15, -0.1) is 0 Å². The van der Waals surface area contributed by atoms with Gasteiger partial charge in [0, 0.05) is 64.4 Å². The summed E-state index contributed by atoms with van der Waals surface area (Å²) in [5.74, 6) is -1.65. The molecule has 0 amide bonds. The lowest BCUT2D eigenvalue weighted by molar-refractivity contribution is 0.103. The minimum absolute atomic E-state index is 0.0834. The molecule has 100 heavy (non-hydrogen) atoms. The molecule has 13 aromatic rings. The number of pyridine rings is 4. The number of carbonyl (C=O) groups excluding carboxylic acids is 2. The predicted octanol–water partition coefficient (Wildman–Crippen LogP) is 13.5. The summed E-state index contributed by atoms with van der Waals surface area (Å²) in [4.78, 5) is 113. The number of aromatic nitrogens is 10. The fraction of sp³-hybridized carbons (Fsp3) is 0.108. The first-order valence-electron chi connectivity index (χ1n) is 30.9. The van der Waals surface area contributed by atoms with Crippen molar-refractivity contribution in [3.8, 4) is 17.1 Å². The minimum atomic E-state index is -0.751. The Morgan fingerprint density at radius 3 is 1.33 bits per heavy atom. The summed E-state index contributed by atoms with van der Waals surface area (Å²) in [6, 6.07) is 39.7. The van der Waals surface area contributed by atoms with Crippen molar-refractivity contribution < 1.29 is 22.8 Å². The van der Waals surface area contributed by atoms with Gasteiger partial charge in [0.1, 0.15) is 40.9 Å². The van der Waals surface area contributed by atoms with Crippen LogP contribution in [0.2, 0.25) is 15.1 Å². The van der Waals surface area contributed by atoms with E-state index in [-0.39, 0.29) is 109 Å². The van der Waals surface area contributed by atoms with Crippen molar-refractivity contribution in [2.75, 3.05) is 10.6 Å². The van der Waals surface area contributed by atoms with Crippen molar-refractivity contribution in [1.29, 1.82) is 0 Å². The third kappa shape index (κ3) is 13.2. The molecule has 0 radical (unpaired) electrons. The largest absolute Gasteiger partial charge is 0.361 e. The molecule has 0 bridgehead atoms. The molecule has 6 N–H and O–H groups in total. The number of hydrogen-bond donors (Lipinski definition) is 5. The van der Waals surface area contributed by atoms with Crippen molar-refractivity contribution in [1.82, 2.24) is 48.6 Å². The van der Waals surface area contributed by atoms with Crippen LogP contribution in [-0.4, -0.2) is 60.2 Å². The molecule has 3 atom stereocenters. The van der Waals surface area contributed by atoms with E-state index < -0.39 is 46.7 Å². The zero-order valence-electron chi connectivity index (χ0n) is 53.0. The van der Waals surface area contributed by atoms with Crippen LogP contribution in [-0.2, 0) is 12.8 Å². The van der Waals surface area contributed by atoms with E-state index in [1.807, 2.05) is 12.1 Å². The third-order valence-corrected chi connectivity index (χ3v) is 17.4. The number of ketones is 2. The van der Waals surface area contributed by atoms with Crippen LogP contribution in [0, 0.1) is 17.5 Å². The summed E-state index contributed by atoms with van der Waals surface area (Å²) in [5.41, 5.74) is 7.92. The number of anilines is 2. The molecule has 7 heterocycles. The summed E-state index contributed by atoms with van der Waals surface area (Å²) in [6.45, 7) is 5.05. The van der Waals surface area contributed by atoms with Gasteiger partial charge in [0.2, 0.25) is 0 Å². The lowest BCUT2D eigenvalue weighted by Gasteiger charge is -2.23. The van der Waals surface area contributed by atoms with E-state index in [9.17, 15) is 38.0 Å². The second kappa shape index (κ2) is 29.1. The van der Waals surface area contributed by atoms with E-state index in [1.165, 1.54) is 69.2 Å². The van der Waals surface area contributed by atoms with Crippen LogP contribution in [0.15, 0.2) is 225 Å². The van der Waals surface area contributed by atoms with Gasteiger partial charge in [0.25, 0.3) is 22.2 Å². The number of H-pyrrole nitrogens is 2. The Balaban J connectivity index is 0.000000133. The van der Waals surface area contributed by atoms with Crippen LogP contribution >= 0.6 is 34.8 Å². The molecule has 0 unspecified atom stereocenters.